The van der Waals surface area contributed by atoms with Gasteiger partial charge in [-0.1, -0.05) is 39.0 Å². The van der Waals surface area contributed by atoms with Gasteiger partial charge in [0.15, 0.2) is 6.10 Å². The zero-order valence-electron chi connectivity index (χ0n) is 20.3. The summed E-state index contributed by atoms with van der Waals surface area (Å²) < 4.78 is 20.3. The molecule has 1 heterocycles. The number of hydrogen-bond donors (Lipinski definition) is 0. The quantitative estimate of drug-likeness (QED) is 0.565. The van der Waals surface area contributed by atoms with Crippen LogP contribution in [0, 0.1) is 11.7 Å². The zero-order chi connectivity index (χ0) is 24.1. The maximum atomic E-state index is 14.2. The number of benzene rings is 2. The van der Waals surface area contributed by atoms with Crippen LogP contribution >= 0.6 is 0 Å². The van der Waals surface area contributed by atoms with Crippen molar-refractivity contribution < 1.29 is 18.7 Å². The Labute approximate surface area is 196 Å². The first-order valence-electron chi connectivity index (χ1n) is 11.8. The van der Waals surface area contributed by atoms with Crippen LogP contribution in [-0.4, -0.2) is 47.9 Å². The standard InChI is InChI=1S/C27H35FN2O3/c1-6-24(27(32)29(5)7-2)33-22-12-11-19-13-14-30(25(31)15-18(3)4)26(23(19)17-22)20-9-8-10-21(28)16-20/h8-12,16-18,24,26H,6-7,13-15H2,1-5H3. The van der Waals surface area contributed by atoms with Gasteiger partial charge in [-0.25, -0.2) is 4.39 Å². The Bertz CT molecular complexity index is 991. The summed E-state index contributed by atoms with van der Waals surface area (Å²) in [7, 11) is 1.76. The normalized spacial score (nSPS) is 16.3. The van der Waals surface area contributed by atoms with Crippen LogP contribution in [0.1, 0.15) is 63.3 Å². The van der Waals surface area contributed by atoms with E-state index in [0.29, 0.717) is 31.7 Å². The maximum absolute atomic E-state index is 14.2. The van der Waals surface area contributed by atoms with E-state index in [0.717, 1.165) is 23.1 Å². The minimum Gasteiger partial charge on any atom is -0.481 e. The number of ether oxygens (including phenoxy) is 1. The second-order valence-electron chi connectivity index (χ2n) is 9.12. The fourth-order valence-electron chi connectivity index (χ4n) is 4.31. The number of carbonyl (C=O) groups excluding carboxylic acids is 2. The molecule has 178 valence electrons. The van der Waals surface area contributed by atoms with Crippen molar-refractivity contribution in [3.8, 4) is 5.75 Å². The largest absolute Gasteiger partial charge is 0.481 e. The number of carbonyl (C=O) groups is 2. The van der Waals surface area contributed by atoms with Gasteiger partial charge in [-0.2, -0.15) is 0 Å². The highest BCUT2D eigenvalue weighted by Crippen LogP contribution is 2.38. The van der Waals surface area contributed by atoms with Crippen molar-refractivity contribution in [2.24, 2.45) is 5.92 Å². The van der Waals surface area contributed by atoms with E-state index < -0.39 is 12.1 Å². The molecular weight excluding hydrogens is 419 g/mol. The van der Waals surface area contributed by atoms with E-state index in [9.17, 15) is 14.0 Å². The molecule has 2 unspecified atom stereocenters. The number of fused-ring (bicyclic) bond motifs is 1. The highest BCUT2D eigenvalue weighted by molar-refractivity contribution is 5.81. The summed E-state index contributed by atoms with van der Waals surface area (Å²) in [6.45, 7) is 9.08. The molecule has 0 saturated carbocycles. The van der Waals surface area contributed by atoms with Crippen molar-refractivity contribution >= 4 is 11.8 Å². The van der Waals surface area contributed by atoms with Crippen molar-refractivity contribution in [1.82, 2.24) is 9.80 Å². The molecule has 33 heavy (non-hydrogen) atoms. The van der Waals surface area contributed by atoms with E-state index in [1.807, 2.05) is 56.9 Å². The average Bonchev–Trinajstić information content (AvgIpc) is 2.80. The first-order chi connectivity index (χ1) is 15.7. The number of halogens is 1. The number of nitrogens with zero attached hydrogens (tertiary/aromatic N) is 2. The molecule has 0 N–H and O–H groups in total. The number of rotatable bonds is 8. The van der Waals surface area contributed by atoms with Gasteiger partial charge in [0.1, 0.15) is 11.6 Å². The van der Waals surface area contributed by atoms with Gasteiger partial charge in [-0.15, -0.1) is 0 Å². The minimum atomic E-state index is -0.581. The summed E-state index contributed by atoms with van der Waals surface area (Å²) in [5.74, 6) is 0.477. The summed E-state index contributed by atoms with van der Waals surface area (Å²) in [5, 5.41) is 0. The Balaban J connectivity index is 2.00. The summed E-state index contributed by atoms with van der Waals surface area (Å²) >= 11 is 0. The van der Waals surface area contributed by atoms with Crippen LogP contribution in [0.15, 0.2) is 42.5 Å². The van der Waals surface area contributed by atoms with E-state index >= 15 is 0 Å². The average molecular weight is 455 g/mol. The lowest BCUT2D eigenvalue weighted by atomic mass is 9.87. The first kappa shape index (κ1) is 24.7. The van der Waals surface area contributed by atoms with E-state index in [-0.39, 0.29) is 23.5 Å². The molecule has 0 radical (unpaired) electrons. The van der Waals surface area contributed by atoms with Gasteiger partial charge in [-0.05, 0) is 66.6 Å². The van der Waals surface area contributed by atoms with Crippen LogP contribution in [0.2, 0.25) is 0 Å². The van der Waals surface area contributed by atoms with Gasteiger partial charge in [0.05, 0.1) is 6.04 Å². The predicted molar refractivity (Wildman–Crippen MR) is 128 cm³/mol. The Kier molecular flexibility index (Phi) is 8.11. The first-order valence-corrected chi connectivity index (χ1v) is 11.8. The SMILES string of the molecule is CCC(Oc1ccc2c(c1)C(c1cccc(F)c1)N(C(=O)CC(C)C)CC2)C(=O)N(C)CC. The Morgan fingerprint density at radius 3 is 2.58 bits per heavy atom. The molecule has 0 saturated heterocycles. The van der Waals surface area contributed by atoms with Crippen molar-refractivity contribution in [3.05, 3.63) is 65.0 Å². The molecule has 0 fully saturated rings. The third kappa shape index (κ3) is 5.73. The molecule has 0 bridgehead atoms. The molecule has 2 aromatic carbocycles. The summed E-state index contributed by atoms with van der Waals surface area (Å²) in [6.07, 6.45) is 1.13. The monoisotopic (exact) mass is 454 g/mol. The Morgan fingerprint density at radius 2 is 1.94 bits per heavy atom. The lowest BCUT2D eigenvalue weighted by Gasteiger charge is -2.38. The summed E-state index contributed by atoms with van der Waals surface area (Å²) in [4.78, 5) is 29.3. The van der Waals surface area contributed by atoms with Gasteiger partial charge in [0.25, 0.3) is 5.91 Å². The maximum Gasteiger partial charge on any atom is 0.263 e. The second-order valence-corrected chi connectivity index (χ2v) is 9.12. The van der Waals surface area contributed by atoms with Crippen LogP contribution < -0.4 is 4.74 Å². The van der Waals surface area contributed by atoms with Crippen LogP contribution in [0.3, 0.4) is 0 Å². The molecular formula is C27H35FN2O3. The van der Waals surface area contributed by atoms with E-state index in [4.69, 9.17) is 4.74 Å². The van der Waals surface area contributed by atoms with Crippen LogP contribution in [0.25, 0.3) is 0 Å². The highest BCUT2D eigenvalue weighted by Gasteiger charge is 2.33. The van der Waals surface area contributed by atoms with E-state index in [2.05, 4.69) is 0 Å². The molecule has 1 aliphatic rings. The number of hydrogen-bond acceptors (Lipinski definition) is 3. The molecule has 2 atom stereocenters. The van der Waals surface area contributed by atoms with Crippen molar-refractivity contribution in [2.75, 3.05) is 20.1 Å². The van der Waals surface area contributed by atoms with Gasteiger partial charge in [0, 0.05) is 26.6 Å². The van der Waals surface area contributed by atoms with Crippen molar-refractivity contribution in [1.29, 1.82) is 0 Å². The van der Waals surface area contributed by atoms with Crippen LogP contribution in [0.5, 0.6) is 5.75 Å². The number of likely N-dealkylation sites (N-methyl/N-ethyl adjacent to an activating group) is 1. The van der Waals surface area contributed by atoms with Crippen LogP contribution in [-0.2, 0) is 16.0 Å². The van der Waals surface area contributed by atoms with E-state index in [1.54, 1.807) is 18.0 Å². The fraction of sp³-hybridized carbons (Fsp3) is 0.481. The molecule has 6 heteroatoms. The molecule has 1 aliphatic heterocycles. The van der Waals surface area contributed by atoms with Gasteiger partial charge in [0.2, 0.25) is 5.91 Å². The third-order valence-corrected chi connectivity index (χ3v) is 6.19. The Morgan fingerprint density at radius 1 is 1.18 bits per heavy atom. The van der Waals surface area contributed by atoms with Gasteiger partial charge >= 0.3 is 0 Å². The van der Waals surface area contributed by atoms with Crippen molar-refractivity contribution in [2.45, 2.75) is 59.1 Å². The topological polar surface area (TPSA) is 49.9 Å². The Hall–Kier alpha value is -2.89. The fourth-order valence-corrected chi connectivity index (χ4v) is 4.31. The molecule has 0 aliphatic carbocycles. The third-order valence-electron chi connectivity index (χ3n) is 6.19. The lowest BCUT2D eigenvalue weighted by molar-refractivity contribution is -0.137. The van der Waals surface area contributed by atoms with E-state index in [1.165, 1.54) is 12.1 Å². The second kappa shape index (κ2) is 10.8. The zero-order valence-corrected chi connectivity index (χ0v) is 20.3. The molecule has 2 amide bonds. The molecule has 3 rings (SSSR count). The summed E-state index contributed by atoms with van der Waals surface area (Å²) in [5.41, 5.74) is 2.77. The smallest absolute Gasteiger partial charge is 0.263 e. The lowest BCUT2D eigenvalue weighted by Crippen LogP contribution is -2.41. The van der Waals surface area contributed by atoms with Crippen molar-refractivity contribution in [3.63, 3.8) is 0 Å². The van der Waals surface area contributed by atoms with Gasteiger partial charge < -0.3 is 14.5 Å². The predicted octanol–water partition coefficient (Wildman–Crippen LogP) is 4.98. The number of amides is 2. The molecule has 0 spiro atoms. The minimum absolute atomic E-state index is 0.0578. The molecule has 2 aromatic rings. The molecule has 5 nitrogen and oxygen atoms in total. The molecule has 0 aromatic heterocycles. The summed E-state index contributed by atoms with van der Waals surface area (Å²) in [6, 6.07) is 11.9. The van der Waals surface area contributed by atoms with Gasteiger partial charge in [-0.3, -0.25) is 9.59 Å². The van der Waals surface area contributed by atoms with Crippen LogP contribution in [0.4, 0.5) is 4.39 Å². The highest BCUT2D eigenvalue weighted by atomic mass is 19.1.